The molecule has 1 aromatic heterocycles. The molecule has 3 N–H and O–H groups in total. The van der Waals surface area contributed by atoms with E-state index in [1.54, 1.807) is 18.2 Å². The van der Waals surface area contributed by atoms with Crippen molar-refractivity contribution in [3.63, 3.8) is 0 Å². The molecule has 0 unspecified atom stereocenters. The highest BCUT2D eigenvalue weighted by Gasteiger charge is 2.24. The van der Waals surface area contributed by atoms with Crippen LogP contribution in [0.5, 0.6) is 0 Å². The third-order valence-electron chi connectivity index (χ3n) is 3.73. The SMILES string of the molecule is COC(=O)CC[C@@H](NC(=O)c1ccc(N)cc1-c1cccs1)C(=O)OC. The monoisotopic (exact) mass is 376 g/mol. The van der Waals surface area contributed by atoms with Gasteiger partial charge < -0.3 is 20.5 Å². The highest BCUT2D eigenvalue weighted by molar-refractivity contribution is 7.13. The zero-order valence-corrected chi connectivity index (χ0v) is 15.3. The minimum absolute atomic E-state index is 0.0178. The summed E-state index contributed by atoms with van der Waals surface area (Å²) < 4.78 is 9.28. The van der Waals surface area contributed by atoms with Crippen molar-refractivity contribution >= 4 is 34.9 Å². The van der Waals surface area contributed by atoms with Crippen molar-refractivity contribution < 1.29 is 23.9 Å². The van der Waals surface area contributed by atoms with E-state index in [1.165, 1.54) is 25.6 Å². The van der Waals surface area contributed by atoms with Gasteiger partial charge in [-0.2, -0.15) is 0 Å². The summed E-state index contributed by atoms with van der Waals surface area (Å²) in [6.07, 6.45) is 0.0600. The van der Waals surface area contributed by atoms with E-state index in [1.807, 2.05) is 17.5 Å². The highest BCUT2D eigenvalue weighted by Crippen LogP contribution is 2.30. The van der Waals surface area contributed by atoms with Crippen LogP contribution in [0.1, 0.15) is 23.2 Å². The minimum atomic E-state index is -0.958. The summed E-state index contributed by atoms with van der Waals surface area (Å²) in [5.74, 6) is -1.55. The van der Waals surface area contributed by atoms with Gasteiger partial charge in [0.2, 0.25) is 0 Å². The van der Waals surface area contributed by atoms with Crippen LogP contribution in [0.3, 0.4) is 0 Å². The van der Waals surface area contributed by atoms with E-state index in [0.29, 0.717) is 16.8 Å². The van der Waals surface area contributed by atoms with Gasteiger partial charge in [0.25, 0.3) is 5.91 Å². The number of hydrogen-bond donors (Lipinski definition) is 2. The Morgan fingerprint density at radius 2 is 1.96 bits per heavy atom. The first-order valence-corrected chi connectivity index (χ1v) is 8.73. The van der Waals surface area contributed by atoms with E-state index in [4.69, 9.17) is 10.5 Å². The van der Waals surface area contributed by atoms with Crippen LogP contribution in [-0.4, -0.2) is 38.1 Å². The molecule has 1 heterocycles. The molecule has 0 radical (unpaired) electrons. The smallest absolute Gasteiger partial charge is 0.328 e. The molecule has 0 spiro atoms. The quantitative estimate of drug-likeness (QED) is 0.567. The molecule has 1 amide bonds. The normalized spacial score (nSPS) is 11.5. The second kappa shape index (κ2) is 9.00. The van der Waals surface area contributed by atoms with Crippen LogP contribution in [0.25, 0.3) is 10.4 Å². The van der Waals surface area contributed by atoms with E-state index in [2.05, 4.69) is 10.1 Å². The molecule has 0 fully saturated rings. The summed E-state index contributed by atoms with van der Waals surface area (Å²) in [6.45, 7) is 0. The number of nitrogens with one attached hydrogen (secondary N) is 1. The summed E-state index contributed by atoms with van der Waals surface area (Å²) in [6, 6.07) is 7.73. The van der Waals surface area contributed by atoms with E-state index >= 15 is 0 Å². The largest absolute Gasteiger partial charge is 0.469 e. The summed E-state index contributed by atoms with van der Waals surface area (Å²) in [5, 5.41) is 4.52. The van der Waals surface area contributed by atoms with Gasteiger partial charge in [0.05, 0.1) is 14.2 Å². The molecule has 0 bridgehead atoms. The molecular weight excluding hydrogens is 356 g/mol. The van der Waals surface area contributed by atoms with Crippen LogP contribution in [0.2, 0.25) is 0 Å². The van der Waals surface area contributed by atoms with Gasteiger partial charge in [-0.1, -0.05) is 6.07 Å². The topological polar surface area (TPSA) is 108 Å². The van der Waals surface area contributed by atoms with Gasteiger partial charge in [0.1, 0.15) is 6.04 Å². The van der Waals surface area contributed by atoms with Crippen molar-refractivity contribution in [3.05, 3.63) is 41.3 Å². The first-order chi connectivity index (χ1) is 12.5. The summed E-state index contributed by atoms with van der Waals surface area (Å²) in [4.78, 5) is 36.9. The number of benzene rings is 1. The third-order valence-corrected chi connectivity index (χ3v) is 4.63. The predicted molar refractivity (Wildman–Crippen MR) is 98.7 cm³/mol. The molecule has 138 valence electrons. The maximum atomic E-state index is 12.7. The van der Waals surface area contributed by atoms with Crippen molar-refractivity contribution in [2.75, 3.05) is 20.0 Å². The zero-order valence-electron chi connectivity index (χ0n) is 14.5. The molecule has 2 rings (SSSR count). The summed E-state index contributed by atoms with van der Waals surface area (Å²) in [5.41, 5.74) is 7.43. The first-order valence-electron chi connectivity index (χ1n) is 7.85. The second-order valence-corrected chi connectivity index (χ2v) is 6.39. The maximum absolute atomic E-state index is 12.7. The lowest BCUT2D eigenvalue weighted by molar-refractivity contribution is -0.144. The van der Waals surface area contributed by atoms with Crippen LogP contribution in [-0.2, 0) is 19.1 Å². The van der Waals surface area contributed by atoms with E-state index in [-0.39, 0.29) is 12.8 Å². The number of nitrogen functional groups attached to an aromatic ring is 1. The lowest BCUT2D eigenvalue weighted by Gasteiger charge is -2.17. The fourth-order valence-corrected chi connectivity index (χ4v) is 3.14. The number of rotatable bonds is 7. The number of amides is 1. The second-order valence-electron chi connectivity index (χ2n) is 5.45. The van der Waals surface area contributed by atoms with Crippen molar-refractivity contribution in [1.29, 1.82) is 0 Å². The minimum Gasteiger partial charge on any atom is -0.469 e. The molecule has 1 atom stereocenters. The van der Waals surface area contributed by atoms with E-state index in [9.17, 15) is 14.4 Å². The molecule has 0 aliphatic carbocycles. The number of carbonyl (C=O) groups is 3. The van der Waals surface area contributed by atoms with Crippen molar-refractivity contribution in [3.8, 4) is 10.4 Å². The van der Waals surface area contributed by atoms with E-state index < -0.39 is 23.9 Å². The van der Waals surface area contributed by atoms with Gasteiger partial charge >= 0.3 is 11.9 Å². The van der Waals surface area contributed by atoms with Crippen LogP contribution in [0.4, 0.5) is 5.69 Å². The number of nitrogens with two attached hydrogens (primary N) is 1. The highest BCUT2D eigenvalue weighted by atomic mass is 32.1. The maximum Gasteiger partial charge on any atom is 0.328 e. The van der Waals surface area contributed by atoms with Gasteiger partial charge in [-0.15, -0.1) is 11.3 Å². The summed E-state index contributed by atoms with van der Waals surface area (Å²) in [7, 11) is 2.48. The Morgan fingerprint density at radius 3 is 2.58 bits per heavy atom. The van der Waals surface area contributed by atoms with Crippen LogP contribution < -0.4 is 11.1 Å². The number of ether oxygens (including phenoxy) is 2. The Balaban J connectivity index is 2.24. The number of anilines is 1. The van der Waals surface area contributed by atoms with Crippen LogP contribution in [0.15, 0.2) is 35.7 Å². The lowest BCUT2D eigenvalue weighted by atomic mass is 10.0. The molecule has 7 nitrogen and oxygen atoms in total. The number of hydrogen-bond acceptors (Lipinski definition) is 7. The van der Waals surface area contributed by atoms with Gasteiger partial charge in [-0.25, -0.2) is 4.79 Å². The Bertz CT molecular complexity index is 789. The Hall–Kier alpha value is -2.87. The molecule has 0 saturated carbocycles. The summed E-state index contributed by atoms with van der Waals surface area (Å²) >= 11 is 1.47. The fourth-order valence-electron chi connectivity index (χ4n) is 2.39. The Morgan fingerprint density at radius 1 is 1.19 bits per heavy atom. The van der Waals surface area contributed by atoms with Crippen LogP contribution in [0, 0.1) is 0 Å². The van der Waals surface area contributed by atoms with Crippen molar-refractivity contribution in [1.82, 2.24) is 5.32 Å². The van der Waals surface area contributed by atoms with Crippen molar-refractivity contribution in [2.24, 2.45) is 0 Å². The molecule has 0 saturated heterocycles. The van der Waals surface area contributed by atoms with Crippen LogP contribution >= 0.6 is 11.3 Å². The lowest BCUT2D eigenvalue weighted by Crippen LogP contribution is -2.42. The molecule has 26 heavy (non-hydrogen) atoms. The van der Waals surface area contributed by atoms with Crippen molar-refractivity contribution in [2.45, 2.75) is 18.9 Å². The zero-order chi connectivity index (χ0) is 19.1. The number of carbonyl (C=O) groups excluding carboxylic acids is 3. The fraction of sp³-hybridized carbons (Fsp3) is 0.278. The third kappa shape index (κ3) is 4.82. The van der Waals surface area contributed by atoms with Gasteiger partial charge in [0, 0.05) is 28.1 Å². The van der Waals surface area contributed by atoms with Gasteiger partial charge in [-0.05, 0) is 36.1 Å². The molecule has 1 aromatic carbocycles. The Labute approximate surface area is 155 Å². The molecule has 2 aromatic rings. The number of methoxy groups -OCH3 is 2. The van der Waals surface area contributed by atoms with Gasteiger partial charge in [0.15, 0.2) is 0 Å². The predicted octanol–water partition coefficient (Wildman–Crippen LogP) is 2.22. The molecule has 0 aliphatic rings. The molecule has 0 aliphatic heterocycles. The molecule has 8 heteroatoms. The molecular formula is C18H20N2O5S. The number of esters is 2. The Kier molecular flexibility index (Phi) is 6.74. The first kappa shape index (κ1) is 19.5. The van der Waals surface area contributed by atoms with Gasteiger partial charge in [-0.3, -0.25) is 9.59 Å². The van der Waals surface area contributed by atoms with E-state index in [0.717, 1.165) is 4.88 Å². The average molecular weight is 376 g/mol. The standard InChI is InChI=1S/C18H20N2O5S/c1-24-16(21)8-7-14(18(23)25-2)20-17(22)12-6-5-11(19)10-13(12)15-4-3-9-26-15/h3-6,9-10,14H,7-8,19H2,1-2H3,(H,20,22)/t14-/m1/s1. The number of thiophene rings is 1. The average Bonchev–Trinajstić information content (AvgIpc) is 3.18.